The Morgan fingerprint density at radius 3 is 2.27 bits per heavy atom. The molecule has 0 saturated carbocycles. The number of aliphatic hydroxyl groups is 5. The minimum Gasteiger partial charge on any atom is -0.494 e. The quantitative estimate of drug-likeness (QED) is 0.112. The summed E-state index contributed by atoms with van der Waals surface area (Å²) < 4.78 is 107. The lowest BCUT2D eigenvalue weighted by Gasteiger charge is -2.48. The highest BCUT2D eigenvalue weighted by Gasteiger charge is 2.51. The summed E-state index contributed by atoms with van der Waals surface area (Å²) in [7, 11) is -0.269. The van der Waals surface area contributed by atoms with Gasteiger partial charge in [-0.25, -0.2) is 8.42 Å². The van der Waals surface area contributed by atoms with Gasteiger partial charge < -0.3 is 68.5 Å². The number of alkyl halides is 3. The third kappa shape index (κ3) is 15.6. The molecular weight excluding hydrogens is 1010 g/mol. The van der Waals surface area contributed by atoms with E-state index in [0.717, 1.165) is 24.3 Å². The molecule has 3 aliphatic heterocycles. The lowest BCUT2D eigenvalue weighted by Crippen LogP contribution is -2.60. The number of aromatic nitrogens is 3. The minimum absolute atomic E-state index is 0.0467. The van der Waals surface area contributed by atoms with Crippen LogP contribution in [-0.4, -0.2) is 208 Å². The van der Waals surface area contributed by atoms with Crippen molar-refractivity contribution in [3.05, 3.63) is 36.2 Å². The average molecular weight is 1100 g/mol. The van der Waals surface area contributed by atoms with Gasteiger partial charge in [0.15, 0.2) is 6.29 Å². The first kappa shape index (κ1) is 62.7. The van der Waals surface area contributed by atoms with E-state index in [-0.39, 0.29) is 44.1 Å². The molecule has 5 rings (SSSR count). The molecule has 0 spiro atoms. The Balaban J connectivity index is 1.32. The van der Waals surface area contributed by atoms with Gasteiger partial charge >= 0.3 is 11.5 Å². The molecule has 0 radical (unpaired) electrons. The highest BCUT2D eigenvalue weighted by molar-refractivity contribution is 7.92. The van der Waals surface area contributed by atoms with Gasteiger partial charge in [0.25, 0.3) is 9.84 Å². The van der Waals surface area contributed by atoms with Crippen molar-refractivity contribution in [2.45, 2.75) is 208 Å². The Bertz CT molecular complexity index is 2210. The zero-order valence-electron chi connectivity index (χ0n) is 45.5. The first-order valence-electron chi connectivity index (χ1n) is 26.1. The number of aryl methyl sites for hydroxylation is 1. The molecule has 1 aromatic heterocycles. The van der Waals surface area contributed by atoms with E-state index in [1.54, 1.807) is 59.3 Å². The van der Waals surface area contributed by atoms with Crippen LogP contribution >= 0.6 is 0 Å². The number of sulfone groups is 1. The monoisotopic (exact) mass is 1100 g/mol. The first-order chi connectivity index (χ1) is 34.9. The number of carbonyl (C=O) groups is 1. The summed E-state index contributed by atoms with van der Waals surface area (Å²) >= 11 is 0. The summed E-state index contributed by atoms with van der Waals surface area (Å²) in [6, 6.07) is 2.98. The van der Waals surface area contributed by atoms with Gasteiger partial charge in [0.1, 0.15) is 30.2 Å². The van der Waals surface area contributed by atoms with Crippen LogP contribution in [0.2, 0.25) is 0 Å². The second-order valence-electron chi connectivity index (χ2n) is 21.8. The number of benzene rings is 1. The van der Waals surface area contributed by atoms with Crippen molar-refractivity contribution < 1.29 is 85.1 Å². The largest absolute Gasteiger partial charge is 0.501 e. The molecule has 24 heteroatoms. The molecule has 75 heavy (non-hydrogen) atoms. The number of carbonyl (C=O) groups excluding carboxylic acids is 1. The van der Waals surface area contributed by atoms with Crippen molar-refractivity contribution in [3.63, 3.8) is 0 Å². The molecule has 20 nitrogen and oxygen atoms in total. The predicted molar refractivity (Wildman–Crippen MR) is 267 cm³/mol. The molecule has 0 aliphatic carbocycles. The molecule has 1 aromatic carbocycles. The van der Waals surface area contributed by atoms with Crippen LogP contribution in [0.5, 0.6) is 5.75 Å². The van der Waals surface area contributed by atoms with Crippen LogP contribution in [0.3, 0.4) is 0 Å². The van der Waals surface area contributed by atoms with Crippen molar-refractivity contribution >= 4 is 15.8 Å². The number of rotatable bonds is 17. The van der Waals surface area contributed by atoms with Crippen LogP contribution in [0.4, 0.5) is 13.2 Å². The van der Waals surface area contributed by atoms with Crippen molar-refractivity contribution in [2.24, 2.45) is 17.8 Å². The van der Waals surface area contributed by atoms with E-state index in [0.29, 0.717) is 44.6 Å². The number of hydrogen-bond donors (Lipinski definition) is 5. The standard InChI is InChI=1S/C51H84F3N5O15S/c1-13-40-43(62)41(60)33(6)58(11)26-29(2)24-49(8,65)46(31(4)44(32(5)47(64)73-40)70-28-37-25-50(9,68-12)45(63)34(7)72-37)74-48-42(61)39(23-30(3)71-48)57(10)21-19-35-27-59(56-55-35)20-14-22-69-36-15-17-38(18-16-36)75(66,67)51(52,53)54/h15-18,27,29-34,37,39-46,48,60-63,65H,13-14,19-26,28H2,1-12H3/t29-,30-,31+,32-,33-,34+,37-,39+,40-,41-,42-,43-,44+,45+,46-,48+,49-,50-/m1/s1. The highest BCUT2D eigenvalue weighted by Crippen LogP contribution is 2.39. The number of hydrogen-bond acceptors (Lipinski definition) is 19. The number of likely N-dealkylation sites (N-methyl/N-ethyl adjacent to an activating group) is 2. The van der Waals surface area contributed by atoms with Gasteiger partial charge in [-0.2, -0.15) is 13.2 Å². The van der Waals surface area contributed by atoms with Gasteiger partial charge in [-0.15, -0.1) is 5.10 Å². The van der Waals surface area contributed by atoms with Crippen LogP contribution in [0.1, 0.15) is 100 Å². The Labute approximate surface area is 440 Å². The topological polar surface area (TPSA) is 254 Å². The SMILES string of the molecule is CC[C@H]1OC(=O)[C@H](C)[C@@H](OC[C@H]2C[C@@](C)(OC)[C@@H](O)[C@H](C)O2)[C@H](C)[C@@H](O[C@@H]2O[C@H](C)C[C@H](N(C)CCc3cn(CCCOc4ccc(S(=O)(=O)C(F)(F)F)cc4)nn3)[C@H]2O)[C@](C)(O)C[C@@H](C)CN(C)[C@H](C)[C@@H](O)[C@@H]1O. The summed E-state index contributed by atoms with van der Waals surface area (Å²) in [6.45, 7) is 17.3. The van der Waals surface area contributed by atoms with Crippen molar-refractivity contribution in [1.29, 1.82) is 0 Å². The Hall–Kier alpha value is -3.11. The molecule has 2 aromatic rings. The van der Waals surface area contributed by atoms with Crippen LogP contribution in [0.15, 0.2) is 35.4 Å². The normalized spacial score (nSPS) is 37.4. The van der Waals surface area contributed by atoms with Crippen LogP contribution < -0.4 is 4.74 Å². The number of aliphatic hydroxyl groups excluding tert-OH is 4. The molecular formula is C51H84F3N5O15S. The third-order valence-corrected chi connectivity index (χ3v) is 17.0. The lowest BCUT2D eigenvalue weighted by atomic mass is 9.77. The summed E-state index contributed by atoms with van der Waals surface area (Å²) in [6.07, 6.45) is -7.14. The third-order valence-electron chi connectivity index (χ3n) is 15.5. The maximum atomic E-state index is 14.3. The molecule has 3 aliphatic rings. The van der Waals surface area contributed by atoms with E-state index < -0.39 is 129 Å². The fraction of sp³-hybridized carbons (Fsp3) is 0.824. The maximum Gasteiger partial charge on any atom is 0.501 e. The van der Waals surface area contributed by atoms with Gasteiger partial charge in [0, 0.05) is 70.2 Å². The van der Waals surface area contributed by atoms with Crippen LogP contribution in [0, 0.1) is 17.8 Å². The Kier molecular flexibility index (Phi) is 21.9. The van der Waals surface area contributed by atoms with Gasteiger partial charge in [-0.1, -0.05) is 26.0 Å². The highest BCUT2D eigenvalue weighted by atomic mass is 32.2. The smallest absolute Gasteiger partial charge is 0.494 e. The number of ether oxygens (including phenoxy) is 7. The van der Waals surface area contributed by atoms with Crippen LogP contribution in [-0.2, 0) is 56.0 Å². The molecule has 0 amide bonds. The number of esters is 1. The molecule has 4 heterocycles. The first-order valence-corrected chi connectivity index (χ1v) is 27.5. The maximum absolute atomic E-state index is 14.3. The summed E-state index contributed by atoms with van der Waals surface area (Å²) in [4.78, 5) is 17.3. The second kappa shape index (κ2) is 26.2. The number of cyclic esters (lactones) is 1. The Morgan fingerprint density at radius 2 is 1.64 bits per heavy atom. The molecule has 0 bridgehead atoms. The number of nitrogens with zero attached hydrogens (tertiary/aromatic N) is 5. The van der Waals surface area contributed by atoms with Gasteiger partial charge in [0.2, 0.25) is 0 Å². The minimum atomic E-state index is -5.47. The van der Waals surface area contributed by atoms with Gasteiger partial charge in [0.05, 0.1) is 77.5 Å². The van der Waals surface area contributed by atoms with E-state index in [1.165, 1.54) is 7.11 Å². The van der Waals surface area contributed by atoms with Gasteiger partial charge in [-0.05, 0) is 105 Å². The molecule has 5 N–H and O–H groups in total. The summed E-state index contributed by atoms with van der Waals surface area (Å²) in [5.74, 6) is -2.55. The van der Waals surface area contributed by atoms with E-state index >= 15 is 0 Å². The van der Waals surface area contributed by atoms with E-state index in [2.05, 4.69) is 10.3 Å². The van der Waals surface area contributed by atoms with Crippen molar-refractivity contribution in [2.75, 3.05) is 47.5 Å². The van der Waals surface area contributed by atoms with E-state index in [9.17, 15) is 51.9 Å². The summed E-state index contributed by atoms with van der Waals surface area (Å²) in [5, 5.41) is 67.2. The molecule has 18 atom stereocenters. The fourth-order valence-corrected chi connectivity index (χ4v) is 11.6. The number of methoxy groups -OCH3 is 1. The zero-order valence-corrected chi connectivity index (χ0v) is 46.3. The number of halogens is 3. The molecule has 3 saturated heterocycles. The van der Waals surface area contributed by atoms with Crippen molar-refractivity contribution in [1.82, 2.24) is 24.8 Å². The van der Waals surface area contributed by atoms with E-state index in [4.69, 9.17) is 33.2 Å². The van der Waals surface area contributed by atoms with Crippen LogP contribution in [0.25, 0.3) is 0 Å². The van der Waals surface area contributed by atoms with E-state index in [1.807, 2.05) is 37.7 Å². The molecule has 0 unspecified atom stereocenters. The van der Waals surface area contributed by atoms with Gasteiger partial charge in [-0.3, -0.25) is 9.48 Å². The molecule has 430 valence electrons. The zero-order chi connectivity index (χ0) is 56.0. The summed E-state index contributed by atoms with van der Waals surface area (Å²) in [5.41, 5.74) is -7.34. The second-order valence-corrected chi connectivity index (χ2v) is 23.7. The average Bonchev–Trinajstić information content (AvgIpc) is 3.81. The molecule has 3 fully saturated rings. The van der Waals surface area contributed by atoms with Crippen molar-refractivity contribution in [3.8, 4) is 5.75 Å². The Morgan fingerprint density at radius 1 is 0.973 bits per heavy atom. The fourth-order valence-electron chi connectivity index (χ4n) is 10.9. The lowest BCUT2D eigenvalue weighted by molar-refractivity contribution is -0.301. The predicted octanol–water partition coefficient (Wildman–Crippen LogP) is 3.52.